The Labute approximate surface area is 166 Å². The summed E-state index contributed by atoms with van der Waals surface area (Å²) in [6.07, 6.45) is 6.56. The van der Waals surface area contributed by atoms with E-state index in [9.17, 15) is 4.79 Å². The quantitative estimate of drug-likeness (QED) is 0.466. The molecule has 0 saturated carbocycles. The SMILES string of the molecule is C/C(N)=N/C(=S)NC(=O)N1CCC(=Cc2ccc(N3CCCC3)cc2)CC1. The summed E-state index contributed by atoms with van der Waals surface area (Å²) in [6, 6.07) is 8.58. The second-order valence-corrected chi connectivity index (χ2v) is 7.45. The number of carbonyl (C=O) groups excluding carboxylic acids is 1. The van der Waals surface area contributed by atoms with Crippen molar-refractivity contribution in [1.82, 2.24) is 10.2 Å². The summed E-state index contributed by atoms with van der Waals surface area (Å²) in [7, 11) is 0. The first-order valence-electron chi connectivity index (χ1n) is 9.46. The number of amides is 2. The van der Waals surface area contributed by atoms with Crippen molar-refractivity contribution in [1.29, 1.82) is 0 Å². The molecule has 7 heteroatoms. The fourth-order valence-corrected chi connectivity index (χ4v) is 3.72. The minimum Gasteiger partial charge on any atom is -0.387 e. The van der Waals surface area contributed by atoms with Crippen molar-refractivity contribution in [2.24, 2.45) is 10.7 Å². The predicted octanol–water partition coefficient (Wildman–Crippen LogP) is 3.14. The molecule has 0 aliphatic carbocycles. The third-order valence-corrected chi connectivity index (χ3v) is 5.11. The molecule has 1 aromatic rings. The van der Waals surface area contributed by atoms with Gasteiger partial charge in [-0.05, 0) is 62.5 Å². The molecule has 2 saturated heterocycles. The van der Waals surface area contributed by atoms with Gasteiger partial charge in [-0.25, -0.2) is 9.79 Å². The largest absolute Gasteiger partial charge is 0.387 e. The minimum absolute atomic E-state index is 0.111. The van der Waals surface area contributed by atoms with Gasteiger partial charge in [0.05, 0.1) is 5.84 Å². The average molecular weight is 386 g/mol. The number of amidine groups is 1. The Morgan fingerprint density at radius 1 is 1.15 bits per heavy atom. The Hall–Kier alpha value is -2.41. The summed E-state index contributed by atoms with van der Waals surface area (Å²) < 4.78 is 0. The van der Waals surface area contributed by atoms with Crippen LogP contribution in [-0.2, 0) is 0 Å². The predicted molar refractivity (Wildman–Crippen MR) is 115 cm³/mol. The Bertz CT molecular complexity index is 736. The van der Waals surface area contributed by atoms with Gasteiger partial charge in [-0.15, -0.1) is 0 Å². The maximum Gasteiger partial charge on any atom is 0.323 e. The number of hydrogen-bond donors (Lipinski definition) is 2. The number of nitrogens with two attached hydrogens (primary N) is 1. The lowest BCUT2D eigenvalue weighted by Crippen LogP contribution is -2.44. The lowest BCUT2D eigenvalue weighted by atomic mass is 10.0. The number of benzene rings is 1. The molecule has 0 atom stereocenters. The van der Waals surface area contributed by atoms with Crippen LogP contribution in [0.3, 0.4) is 0 Å². The van der Waals surface area contributed by atoms with Crippen molar-refractivity contribution in [2.45, 2.75) is 32.6 Å². The number of piperidine rings is 1. The maximum atomic E-state index is 12.2. The van der Waals surface area contributed by atoms with Crippen LogP contribution in [0, 0.1) is 0 Å². The summed E-state index contributed by atoms with van der Waals surface area (Å²) in [5.41, 5.74) is 9.37. The number of carbonyl (C=O) groups is 1. The van der Waals surface area contributed by atoms with Gasteiger partial charge < -0.3 is 15.5 Å². The second kappa shape index (κ2) is 8.99. The van der Waals surface area contributed by atoms with Crippen LogP contribution in [0.1, 0.15) is 38.2 Å². The monoisotopic (exact) mass is 385 g/mol. The van der Waals surface area contributed by atoms with E-state index >= 15 is 0 Å². The number of nitrogens with zero attached hydrogens (tertiary/aromatic N) is 3. The lowest BCUT2D eigenvalue weighted by molar-refractivity contribution is 0.199. The molecule has 2 heterocycles. The number of aliphatic imine (C=N–C) groups is 1. The molecule has 2 amide bonds. The Morgan fingerprint density at radius 2 is 1.78 bits per heavy atom. The van der Waals surface area contributed by atoms with Crippen LogP contribution in [0.25, 0.3) is 6.08 Å². The molecule has 0 bridgehead atoms. The van der Waals surface area contributed by atoms with Crippen LogP contribution in [0.4, 0.5) is 10.5 Å². The number of rotatable bonds is 2. The Morgan fingerprint density at radius 3 is 2.37 bits per heavy atom. The van der Waals surface area contributed by atoms with Crippen LogP contribution < -0.4 is 16.0 Å². The second-order valence-electron chi connectivity index (χ2n) is 7.06. The summed E-state index contributed by atoms with van der Waals surface area (Å²) in [5, 5.41) is 2.72. The molecule has 2 fully saturated rings. The summed E-state index contributed by atoms with van der Waals surface area (Å²) >= 11 is 4.99. The third-order valence-electron chi connectivity index (χ3n) is 4.92. The van der Waals surface area contributed by atoms with Crippen LogP contribution >= 0.6 is 12.2 Å². The van der Waals surface area contributed by atoms with Gasteiger partial charge in [-0.1, -0.05) is 23.8 Å². The molecule has 0 aromatic heterocycles. The first kappa shape index (κ1) is 19.4. The van der Waals surface area contributed by atoms with Gasteiger partial charge >= 0.3 is 6.03 Å². The number of likely N-dealkylation sites (tertiary alicyclic amines) is 1. The van der Waals surface area contributed by atoms with Crippen molar-refractivity contribution >= 4 is 41.0 Å². The zero-order valence-electron chi connectivity index (χ0n) is 15.8. The average Bonchev–Trinajstić information content (AvgIpc) is 3.17. The van der Waals surface area contributed by atoms with Gasteiger partial charge in [0.25, 0.3) is 0 Å². The zero-order valence-corrected chi connectivity index (χ0v) is 16.6. The van der Waals surface area contributed by atoms with E-state index in [0.717, 1.165) is 25.9 Å². The summed E-state index contributed by atoms with van der Waals surface area (Å²) in [4.78, 5) is 20.3. The Balaban J connectivity index is 1.51. The number of urea groups is 1. The topological polar surface area (TPSA) is 74.0 Å². The van der Waals surface area contributed by atoms with Crippen molar-refractivity contribution in [3.8, 4) is 0 Å². The highest BCUT2D eigenvalue weighted by Gasteiger charge is 2.19. The zero-order chi connectivity index (χ0) is 19.2. The highest BCUT2D eigenvalue weighted by Crippen LogP contribution is 2.23. The van der Waals surface area contributed by atoms with E-state index in [4.69, 9.17) is 18.0 Å². The molecule has 144 valence electrons. The molecular weight excluding hydrogens is 358 g/mol. The maximum absolute atomic E-state index is 12.2. The summed E-state index contributed by atoms with van der Waals surface area (Å²) in [5.74, 6) is 0.333. The molecular formula is C20H27N5OS. The van der Waals surface area contributed by atoms with E-state index in [1.807, 2.05) is 0 Å². The number of nitrogens with one attached hydrogen (secondary N) is 1. The van der Waals surface area contributed by atoms with Gasteiger partial charge in [0, 0.05) is 31.9 Å². The van der Waals surface area contributed by atoms with Gasteiger partial charge in [0.15, 0.2) is 0 Å². The number of thiocarbonyl (C=S) groups is 1. The molecule has 6 nitrogen and oxygen atoms in total. The van der Waals surface area contributed by atoms with Gasteiger partial charge in [-0.2, -0.15) is 0 Å². The Kier molecular flexibility index (Phi) is 6.45. The highest BCUT2D eigenvalue weighted by molar-refractivity contribution is 7.80. The fourth-order valence-electron chi connectivity index (χ4n) is 3.49. The molecule has 3 rings (SSSR count). The van der Waals surface area contributed by atoms with E-state index in [-0.39, 0.29) is 11.1 Å². The lowest BCUT2D eigenvalue weighted by Gasteiger charge is -2.28. The van der Waals surface area contributed by atoms with Gasteiger partial charge in [-0.3, -0.25) is 5.32 Å². The van der Waals surface area contributed by atoms with Crippen molar-refractivity contribution in [3.63, 3.8) is 0 Å². The summed E-state index contributed by atoms with van der Waals surface area (Å²) in [6.45, 7) is 5.32. The van der Waals surface area contributed by atoms with E-state index in [0.29, 0.717) is 18.9 Å². The molecule has 27 heavy (non-hydrogen) atoms. The molecule has 0 unspecified atom stereocenters. The van der Waals surface area contributed by atoms with Crippen molar-refractivity contribution < 1.29 is 4.79 Å². The third kappa shape index (κ3) is 5.53. The molecule has 3 N–H and O–H groups in total. The van der Waals surface area contributed by atoms with Crippen molar-refractivity contribution in [2.75, 3.05) is 31.1 Å². The first-order valence-corrected chi connectivity index (χ1v) is 9.87. The van der Waals surface area contributed by atoms with Gasteiger partial charge in [0.1, 0.15) is 0 Å². The minimum atomic E-state index is -0.209. The standard InChI is InChI=1S/C20H27N5OS/c1-15(21)22-19(27)23-20(26)25-12-8-17(9-13-25)14-16-4-6-18(7-5-16)24-10-2-3-11-24/h4-7,14H,2-3,8-13H2,1H3,(H3,21,22,23,26,27). The highest BCUT2D eigenvalue weighted by atomic mass is 32.1. The molecule has 0 spiro atoms. The smallest absolute Gasteiger partial charge is 0.323 e. The normalized spacial score (nSPS) is 17.8. The van der Waals surface area contributed by atoms with Crippen LogP contribution in [-0.4, -0.2) is 48.1 Å². The molecule has 1 aromatic carbocycles. The van der Waals surface area contributed by atoms with Crippen molar-refractivity contribution in [3.05, 3.63) is 35.4 Å². The molecule has 0 radical (unpaired) electrons. The van der Waals surface area contributed by atoms with Crippen LogP contribution in [0.5, 0.6) is 0 Å². The van der Waals surface area contributed by atoms with E-state index in [2.05, 4.69) is 45.6 Å². The molecule has 2 aliphatic rings. The number of hydrogen-bond acceptors (Lipinski definition) is 3. The first-order chi connectivity index (χ1) is 13.0. The van der Waals surface area contributed by atoms with Gasteiger partial charge in [0.2, 0.25) is 5.11 Å². The van der Waals surface area contributed by atoms with Crippen LogP contribution in [0.15, 0.2) is 34.8 Å². The van der Waals surface area contributed by atoms with E-state index < -0.39 is 0 Å². The van der Waals surface area contributed by atoms with E-state index in [1.54, 1.807) is 11.8 Å². The van der Waals surface area contributed by atoms with Crippen LogP contribution in [0.2, 0.25) is 0 Å². The fraction of sp³-hybridized carbons (Fsp3) is 0.450. The van der Waals surface area contributed by atoms with E-state index in [1.165, 1.54) is 29.7 Å². The number of anilines is 1. The molecule has 2 aliphatic heterocycles.